The summed E-state index contributed by atoms with van der Waals surface area (Å²) in [6, 6.07) is 13.9. The van der Waals surface area contributed by atoms with Crippen LogP contribution in [0.1, 0.15) is 56.6 Å². The fourth-order valence-corrected chi connectivity index (χ4v) is 7.19. The Morgan fingerprint density at radius 3 is 2.33 bits per heavy atom. The molecule has 5 heteroatoms. The molecule has 1 atom stereocenters. The highest BCUT2D eigenvalue weighted by Gasteiger charge is 2.52. The van der Waals surface area contributed by atoms with Crippen LogP contribution >= 0.6 is 11.6 Å². The van der Waals surface area contributed by atoms with Crippen LogP contribution in [0.5, 0.6) is 5.75 Å². The zero-order valence-electron chi connectivity index (χ0n) is 19.7. The molecule has 4 nitrogen and oxygen atoms in total. The highest BCUT2D eigenvalue weighted by molar-refractivity contribution is 6.30. The number of halogens is 1. The molecule has 33 heavy (non-hydrogen) atoms. The van der Waals surface area contributed by atoms with Gasteiger partial charge in [-0.2, -0.15) is 0 Å². The van der Waals surface area contributed by atoms with E-state index in [9.17, 15) is 4.79 Å². The number of rotatable bonds is 8. The molecule has 4 saturated carbocycles. The molecule has 6 rings (SSSR count). The maximum Gasteiger partial charge on any atom is 0.262 e. The normalized spacial score (nSPS) is 28.5. The van der Waals surface area contributed by atoms with Gasteiger partial charge in [-0.25, -0.2) is 0 Å². The van der Waals surface area contributed by atoms with E-state index in [-0.39, 0.29) is 12.5 Å². The Kier molecular flexibility index (Phi) is 6.41. The van der Waals surface area contributed by atoms with Gasteiger partial charge >= 0.3 is 0 Å². The predicted molar refractivity (Wildman–Crippen MR) is 134 cm³/mol. The van der Waals surface area contributed by atoms with E-state index in [1.807, 2.05) is 49.4 Å². The summed E-state index contributed by atoms with van der Waals surface area (Å²) >= 11 is 6.31. The SMILES string of the molecule is Cc1ccc(NC(=O)COc2ccc(Cl)cc2CNC(C)C23CC4CC(CC(C4)C2)C3)cc1. The third-order valence-electron chi connectivity index (χ3n) is 8.32. The zero-order chi connectivity index (χ0) is 23.0. The van der Waals surface area contributed by atoms with E-state index < -0.39 is 0 Å². The molecule has 4 fully saturated rings. The number of benzene rings is 2. The van der Waals surface area contributed by atoms with Gasteiger partial charge in [-0.05, 0) is 106 Å². The minimum absolute atomic E-state index is 0.0347. The van der Waals surface area contributed by atoms with Crippen molar-refractivity contribution in [3.8, 4) is 5.75 Å². The lowest BCUT2D eigenvalue weighted by atomic mass is 9.48. The van der Waals surface area contributed by atoms with Gasteiger partial charge in [-0.1, -0.05) is 29.3 Å². The van der Waals surface area contributed by atoms with Gasteiger partial charge in [-0.15, -0.1) is 0 Å². The maximum atomic E-state index is 12.4. The summed E-state index contributed by atoms with van der Waals surface area (Å²) in [5, 5.41) is 7.39. The molecule has 0 heterocycles. The number of carbonyl (C=O) groups is 1. The van der Waals surface area contributed by atoms with Crippen molar-refractivity contribution >= 4 is 23.2 Å². The van der Waals surface area contributed by atoms with Crippen molar-refractivity contribution in [1.29, 1.82) is 0 Å². The molecule has 0 aromatic heterocycles. The molecule has 2 N–H and O–H groups in total. The van der Waals surface area contributed by atoms with E-state index in [1.54, 1.807) is 0 Å². The van der Waals surface area contributed by atoms with E-state index in [4.69, 9.17) is 16.3 Å². The number of carbonyl (C=O) groups excluding carboxylic acids is 1. The molecule has 176 valence electrons. The summed E-state index contributed by atoms with van der Waals surface area (Å²) in [7, 11) is 0. The molecule has 0 aliphatic heterocycles. The predicted octanol–water partition coefficient (Wildman–Crippen LogP) is 6.36. The molecular weight excluding hydrogens is 432 g/mol. The summed E-state index contributed by atoms with van der Waals surface area (Å²) in [6.45, 7) is 5.05. The third kappa shape index (κ3) is 5.07. The van der Waals surface area contributed by atoms with Gasteiger partial charge in [0.05, 0.1) is 0 Å². The molecule has 0 spiro atoms. The number of aryl methyl sites for hydroxylation is 1. The molecule has 0 radical (unpaired) electrons. The average molecular weight is 467 g/mol. The molecule has 4 bridgehead atoms. The standard InChI is InChI=1S/C28H35ClN2O2/c1-18-3-6-25(7-4-18)31-27(32)17-33-26-8-5-24(29)12-23(26)16-30-19(2)28-13-20-9-21(14-28)11-22(10-20)15-28/h3-8,12,19-22,30H,9-11,13-17H2,1-2H3,(H,31,32). The lowest BCUT2D eigenvalue weighted by Gasteiger charge is -2.59. The van der Waals surface area contributed by atoms with E-state index in [0.29, 0.717) is 28.8 Å². The lowest BCUT2D eigenvalue weighted by Crippen LogP contribution is -2.54. The lowest BCUT2D eigenvalue weighted by molar-refractivity contribution is -0.118. The minimum atomic E-state index is -0.172. The smallest absolute Gasteiger partial charge is 0.262 e. The Hall–Kier alpha value is -2.04. The van der Waals surface area contributed by atoms with E-state index >= 15 is 0 Å². The number of hydrogen-bond donors (Lipinski definition) is 2. The van der Waals surface area contributed by atoms with Crippen LogP contribution < -0.4 is 15.4 Å². The van der Waals surface area contributed by atoms with Gasteiger partial charge in [0.1, 0.15) is 5.75 Å². The van der Waals surface area contributed by atoms with Gasteiger partial charge in [0, 0.05) is 28.9 Å². The first kappa shape index (κ1) is 22.7. The zero-order valence-corrected chi connectivity index (χ0v) is 20.5. The summed E-state index contributed by atoms with van der Waals surface area (Å²) in [5.41, 5.74) is 3.38. The largest absolute Gasteiger partial charge is 0.483 e. The molecule has 0 saturated heterocycles. The van der Waals surface area contributed by atoms with Crippen LogP contribution in [0.25, 0.3) is 0 Å². The fourth-order valence-electron chi connectivity index (χ4n) is 6.99. The van der Waals surface area contributed by atoms with Crippen LogP contribution in [0, 0.1) is 30.1 Å². The summed E-state index contributed by atoms with van der Waals surface area (Å²) < 4.78 is 5.92. The summed E-state index contributed by atoms with van der Waals surface area (Å²) in [5.74, 6) is 3.37. The van der Waals surface area contributed by atoms with Crippen LogP contribution in [0.3, 0.4) is 0 Å². The topological polar surface area (TPSA) is 50.4 Å². The second-order valence-electron chi connectivity index (χ2n) is 10.8. The fraction of sp³-hybridized carbons (Fsp3) is 0.536. The number of anilines is 1. The van der Waals surface area contributed by atoms with Crippen molar-refractivity contribution < 1.29 is 9.53 Å². The van der Waals surface area contributed by atoms with E-state index in [2.05, 4.69) is 17.6 Å². The van der Waals surface area contributed by atoms with E-state index in [1.165, 1.54) is 38.5 Å². The Labute approximate surface area is 202 Å². The number of amides is 1. The molecule has 4 aliphatic carbocycles. The second kappa shape index (κ2) is 9.31. The quantitative estimate of drug-likeness (QED) is 0.475. The van der Waals surface area contributed by atoms with E-state index in [0.717, 1.165) is 34.6 Å². The van der Waals surface area contributed by atoms with Crippen LogP contribution in [0.4, 0.5) is 5.69 Å². The van der Waals surface area contributed by atoms with Crippen molar-refractivity contribution in [2.24, 2.45) is 23.2 Å². The monoisotopic (exact) mass is 466 g/mol. The number of nitrogens with one attached hydrogen (secondary N) is 2. The first-order chi connectivity index (χ1) is 15.9. The van der Waals surface area contributed by atoms with Crippen molar-refractivity contribution in [3.63, 3.8) is 0 Å². The highest BCUT2D eigenvalue weighted by atomic mass is 35.5. The van der Waals surface area contributed by atoms with Crippen LogP contribution in [-0.4, -0.2) is 18.6 Å². The first-order valence-electron chi connectivity index (χ1n) is 12.4. The Morgan fingerprint density at radius 1 is 1.06 bits per heavy atom. The van der Waals surface area contributed by atoms with Crippen LogP contribution in [-0.2, 0) is 11.3 Å². The van der Waals surface area contributed by atoms with Crippen molar-refractivity contribution in [3.05, 3.63) is 58.6 Å². The first-order valence-corrected chi connectivity index (χ1v) is 12.8. The Balaban J connectivity index is 1.20. The third-order valence-corrected chi connectivity index (χ3v) is 8.55. The molecule has 2 aromatic carbocycles. The Bertz CT molecular complexity index is 968. The van der Waals surface area contributed by atoms with Gasteiger partial charge < -0.3 is 15.4 Å². The van der Waals surface area contributed by atoms with Crippen molar-refractivity contribution in [2.45, 2.75) is 65.0 Å². The summed E-state index contributed by atoms with van der Waals surface area (Å²) in [4.78, 5) is 12.4. The van der Waals surface area contributed by atoms with Gasteiger partial charge in [-0.3, -0.25) is 4.79 Å². The average Bonchev–Trinajstić information content (AvgIpc) is 2.77. The molecule has 4 aliphatic rings. The Morgan fingerprint density at radius 2 is 1.70 bits per heavy atom. The minimum Gasteiger partial charge on any atom is -0.483 e. The van der Waals surface area contributed by atoms with Gasteiger partial charge in [0.15, 0.2) is 6.61 Å². The maximum absolute atomic E-state index is 12.4. The number of hydrogen-bond acceptors (Lipinski definition) is 3. The van der Waals surface area contributed by atoms with Crippen LogP contribution in [0.15, 0.2) is 42.5 Å². The highest BCUT2D eigenvalue weighted by Crippen LogP contribution is 2.61. The molecular formula is C28H35ClN2O2. The number of ether oxygens (including phenoxy) is 1. The summed E-state index contributed by atoms with van der Waals surface area (Å²) in [6.07, 6.45) is 8.52. The molecule has 2 aromatic rings. The van der Waals surface area contributed by atoms with Gasteiger partial charge in [0.2, 0.25) is 0 Å². The van der Waals surface area contributed by atoms with Gasteiger partial charge in [0.25, 0.3) is 5.91 Å². The van der Waals surface area contributed by atoms with Crippen molar-refractivity contribution in [1.82, 2.24) is 5.32 Å². The second-order valence-corrected chi connectivity index (χ2v) is 11.3. The molecule has 1 unspecified atom stereocenters. The molecule has 1 amide bonds. The van der Waals surface area contributed by atoms with Crippen LogP contribution in [0.2, 0.25) is 5.02 Å². The van der Waals surface area contributed by atoms with Crippen molar-refractivity contribution in [2.75, 3.05) is 11.9 Å².